The van der Waals surface area contributed by atoms with Crippen LogP contribution in [0.25, 0.3) is 0 Å². The Labute approximate surface area is 133 Å². The Bertz CT molecular complexity index is 502. The highest BCUT2D eigenvalue weighted by Gasteiger charge is 2.19. The fourth-order valence-corrected chi connectivity index (χ4v) is 2.93. The lowest BCUT2D eigenvalue weighted by atomic mass is 10.0. The van der Waals surface area contributed by atoms with Crippen molar-refractivity contribution in [1.82, 2.24) is 14.4 Å². The van der Waals surface area contributed by atoms with Gasteiger partial charge in [-0.1, -0.05) is 13.8 Å². The Balaban J connectivity index is 1.92. The van der Waals surface area contributed by atoms with Gasteiger partial charge in [0.25, 0.3) is 0 Å². The summed E-state index contributed by atoms with van der Waals surface area (Å²) in [4.78, 5) is 16.7. The maximum absolute atomic E-state index is 12.1. The summed E-state index contributed by atoms with van der Waals surface area (Å²) in [6, 6.07) is 1.88. The minimum absolute atomic E-state index is 0.00446. The van der Waals surface area contributed by atoms with Crippen LogP contribution in [0.4, 0.5) is 0 Å². The fourth-order valence-electron chi connectivity index (χ4n) is 2.93. The number of carbonyl (C=O) groups is 1. The molecule has 0 aromatic carbocycles. The van der Waals surface area contributed by atoms with E-state index in [0.717, 1.165) is 37.4 Å². The minimum Gasteiger partial charge on any atom is -0.390 e. The lowest BCUT2D eigenvalue weighted by Crippen LogP contribution is -2.47. The van der Waals surface area contributed by atoms with Crippen LogP contribution >= 0.6 is 0 Å². The summed E-state index contributed by atoms with van der Waals surface area (Å²) in [7, 11) is 2.13. The van der Waals surface area contributed by atoms with E-state index < -0.39 is 6.10 Å². The summed E-state index contributed by atoms with van der Waals surface area (Å²) in [6.07, 6.45) is 1.51. The fraction of sp³-hybridized carbons (Fsp3) is 0.706. The van der Waals surface area contributed by atoms with E-state index in [4.69, 9.17) is 0 Å². The number of nitrogens with zero attached hydrogens (tertiary/aromatic N) is 3. The lowest BCUT2D eigenvalue weighted by Gasteiger charge is -2.33. The number of β-amino-alcohol motifs (C(OH)–C–C–N with tert-alkyl or cyclic N) is 1. The van der Waals surface area contributed by atoms with Crippen LogP contribution < -0.4 is 0 Å². The molecule has 1 unspecified atom stereocenters. The first kappa shape index (κ1) is 17.2. The third kappa shape index (κ3) is 4.18. The summed E-state index contributed by atoms with van der Waals surface area (Å²) >= 11 is 0. The molecule has 0 saturated carbocycles. The van der Waals surface area contributed by atoms with Crippen molar-refractivity contribution < 1.29 is 9.90 Å². The topological polar surface area (TPSA) is 48.7 Å². The number of piperazine rings is 1. The van der Waals surface area contributed by atoms with Crippen molar-refractivity contribution in [3.8, 4) is 0 Å². The molecule has 1 aromatic heterocycles. The molecule has 5 nitrogen and oxygen atoms in total. The smallest absolute Gasteiger partial charge is 0.167 e. The maximum Gasteiger partial charge on any atom is 0.167 e. The van der Waals surface area contributed by atoms with Crippen molar-refractivity contribution in [2.45, 2.75) is 33.4 Å². The Morgan fingerprint density at radius 2 is 1.86 bits per heavy atom. The molecular weight excluding hydrogens is 278 g/mol. The van der Waals surface area contributed by atoms with Crippen molar-refractivity contribution in [2.24, 2.45) is 5.92 Å². The van der Waals surface area contributed by atoms with E-state index in [9.17, 15) is 9.90 Å². The summed E-state index contributed by atoms with van der Waals surface area (Å²) < 4.78 is 2.00. The SMILES string of the molecule is Cc1c(C(=O)C(C)C)ccn1CC(O)CN1CCN(C)CC1. The molecule has 5 heteroatoms. The predicted octanol–water partition coefficient (Wildman–Crippen LogP) is 1.24. The van der Waals surface area contributed by atoms with E-state index in [1.165, 1.54) is 0 Å². The van der Waals surface area contributed by atoms with Crippen LogP contribution in [0.15, 0.2) is 12.3 Å². The highest BCUT2D eigenvalue weighted by molar-refractivity contribution is 5.98. The van der Waals surface area contributed by atoms with Gasteiger partial charge in [-0.25, -0.2) is 0 Å². The van der Waals surface area contributed by atoms with Crippen LogP contribution in [0.2, 0.25) is 0 Å². The van der Waals surface area contributed by atoms with Crippen molar-refractivity contribution in [1.29, 1.82) is 0 Å². The third-order valence-electron chi connectivity index (χ3n) is 4.50. The molecule has 0 radical (unpaired) electrons. The molecule has 0 aliphatic carbocycles. The summed E-state index contributed by atoms with van der Waals surface area (Å²) in [5.41, 5.74) is 1.73. The van der Waals surface area contributed by atoms with Crippen LogP contribution in [0, 0.1) is 12.8 Å². The van der Waals surface area contributed by atoms with Crippen molar-refractivity contribution in [3.63, 3.8) is 0 Å². The second kappa shape index (κ2) is 7.40. The third-order valence-corrected chi connectivity index (χ3v) is 4.50. The highest BCUT2D eigenvalue weighted by atomic mass is 16.3. The number of hydrogen-bond donors (Lipinski definition) is 1. The van der Waals surface area contributed by atoms with Crippen LogP contribution in [-0.2, 0) is 6.54 Å². The number of ketones is 1. The molecule has 1 aliphatic heterocycles. The van der Waals surface area contributed by atoms with Crippen molar-refractivity contribution in [2.75, 3.05) is 39.8 Å². The van der Waals surface area contributed by atoms with Crippen LogP contribution in [0.5, 0.6) is 0 Å². The van der Waals surface area contributed by atoms with Crippen molar-refractivity contribution in [3.05, 3.63) is 23.5 Å². The number of aliphatic hydroxyl groups excluding tert-OH is 1. The first-order valence-corrected chi connectivity index (χ1v) is 8.17. The van der Waals surface area contributed by atoms with Gasteiger partial charge >= 0.3 is 0 Å². The normalized spacial score (nSPS) is 18.8. The van der Waals surface area contributed by atoms with E-state index in [0.29, 0.717) is 13.1 Å². The molecule has 22 heavy (non-hydrogen) atoms. The second-order valence-electron chi connectivity index (χ2n) is 6.74. The molecule has 1 saturated heterocycles. The molecule has 1 fully saturated rings. The molecule has 124 valence electrons. The zero-order chi connectivity index (χ0) is 16.3. The number of likely N-dealkylation sites (N-methyl/N-ethyl adjacent to an activating group) is 1. The average molecular weight is 307 g/mol. The minimum atomic E-state index is -0.406. The molecule has 0 spiro atoms. The Kier molecular flexibility index (Phi) is 5.78. The van der Waals surface area contributed by atoms with E-state index in [-0.39, 0.29) is 11.7 Å². The molecule has 1 aromatic rings. The zero-order valence-corrected chi connectivity index (χ0v) is 14.2. The molecule has 0 amide bonds. The van der Waals surface area contributed by atoms with Gasteiger partial charge in [0.05, 0.1) is 6.10 Å². The Morgan fingerprint density at radius 1 is 1.23 bits per heavy atom. The lowest BCUT2D eigenvalue weighted by molar-refractivity contribution is 0.0707. The monoisotopic (exact) mass is 307 g/mol. The van der Waals surface area contributed by atoms with E-state index in [1.54, 1.807) is 0 Å². The van der Waals surface area contributed by atoms with Gasteiger partial charge < -0.3 is 14.6 Å². The molecule has 1 N–H and O–H groups in total. The standard InChI is InChI=1S/C17H29N3O2/c1-13(2)17(22)16-5-6-20(14(16)3)12-15(21)11-19-9-7-18(4)8-10-19/h5-6,13,15,21H,7-12H2,1-4H3. The molecular formula is C17H29N3O2. The number of aliphatic hydroxyl groups is 1. The van der Waals surface area contributed by atoms with Crippen LogP contribution in [0.1, 0.15) is 29.9 Å². The zero-order valence-electron chi connectivity index (χ0n) is 14.2. The molecule has 1 aliphatic rings. The van der Waals surface area contributed by atoms with Crippen molar-refractivity contribution >= 4 is 5.78 Å². The van der Waals surface area contributed by atoms with Gasteiger partial charge in [-0.2, -0.15) is 0 Å². The quantitative estimate of drug-likeness (QED) is 0.804. The van der Waals surface area contributed by atoms with Gasteiger partial charge in [0.1, 0.15) is 0 Å². The van der Waals surface area contributed by atoms with Crippen LogP contribution in [-0.4, -0.2) is 71.1 Å². The number of aromatic nitrogens is 1. The molecule has 2 heterocycles. The maximum atomic E-state index is 12.1. The molecule has 1 atom stereocenters. The van der Waals surface area contributed by atoms with E-state index >= 15 is 0 Å². The second-order valence-corrected chi connectivity index (χ2v) is 6.74. The van der Waals surface area contributed by atoms with E-state index in [2.05, 4.69) is 16.8 Å². The number of rotatable bonds is 6. The van der Waals surface area contributed by atoms with Gasteiger partial charge in [0.2, 0.25) is 0 Å². The van der Waals surface area contributed by atoms with Gasteiger partial charge in [-0.3, -0.25) is 9.69 Å². The van der Waals surface area contributed by atoms with Gasteiger partial charge in [-0.15, -0.1) is 0 Å². The van der Waals surface area contributed by atoms with Crippen LogP contribution in [0.3, 0.4) is 0 Å². The Morgan fingerprint density at radius 3 is 2.45 bits per heavy atom. The largest absolute Gasteiger partial charge is 0.390 e. The van der Waals surface area contributed by atoms with Gasteiger partial charge in [0, 0.05) is 62.6 Å². The van der Waals surface area contributed by atoms with Gasteiger partial charge in [-0.05, 0) is 20.0 Å². The molecule has 2 rings (SSSR count). The van der Waals surface area contributed by atoms with E-state index in [1.807, 2.05) is 37.6 Å². The highest BCUT2D eigenvalue weighted by Crippen LogP contribution is 2.16. The average Bonchev–Trinajstić information content (AvgIpc) is 2.82. The number of Topliss-reactive ketones (excluding diaryl/α,β-unsaturated/α-hetero) is 1. The summed E-state index contributed by atoms with van der Waals surface area (Å²) in [5, 5.41) is 10.3. The predicted molar refractivity (Wildman–Crippen MR) is 88.3 cm³/mol. The summed E-state index contributed by atoms with van der Waals surface area (Å²) in [5.74, 6) is 0.176. The molecule has 0 bridgehead atoms. The number of hydrogen-bond acceptors (Lipinski definition) is 4. The first-order chi connectivity index (χ1) is 10.4. The first-order valence-electron chi connectivity index (χ1n) is 8.17. The van der Waals surface area contributed by atoms with Gasteiger partial charge in [0.15, 0.2) is 5.78 Å². The Hall–Kier alpha value is -1.17. The summed E-state index contributed by atoms with van der Waals surface area (Å²) in [6.45, 7) is 11.2. The number of carbonyl (C=O) groups excluding carboxylic acids is 1.